The van der Waals surface area contributed by atoms with Crippen molar-refractivity contribution in [1.82, 2.24) is 10.4 Å². The molecule has 0 spiro atoms. The summed E-state index contributed by atoms with van der Waals surface area (Å²) in [5, 5.41) is 3.97. The molecular weight excluding hydrogens is 374 g/mol. The molecule has 27 heavy (non-hydrogen) atoms. The van der Waals surface area contributed by atoms with Crippen LogP contribution >= 0.6 is 23.1 Å². The van der Waals surface area contributed by atoms with Crippen LogP contribution in [0.1, 0.15) is 25.8 Å². The summed E-state index contributed by atoms with van der Waals surface area (Å²) < 4.78 is 2.04. The van der Waals surface area contributed by atoms with E-state index in [1.54, 1.807) is 11.3 Å². The van der Waals surface area contributed by atoms with E-state index in [1.165, 1.54) is 11.8 Å². The number of nitrogens with one attached hydrogen (secondary N) is 1. The minimum atomic E-state index is -0.222. The van der Waals surface area contributed by atoms with Gasteiger partial charge in [0.25, 0.3) is 5.91 Å². The van der Waals surface area contributed by atoms with Crippen molar-refractivity contribution in [2.45, 2.75) is 29.9 Å². The van der Waals surface area contributed by atoms with E-state index < -0.39 is 0 Å². The Bertz CT molecular complexity index is 931. The third-order valence-electron chi connectivity index (χ3n) is 3.84. The average Bonchev–Trinajstić information content (AvgIpc) is 3.12. The van der Waals surface area contributed by atoms with Crippen LogP contribution in [0.2, 0.25) is 0 Å². The molecule has 1 amide bonds. The van der Waals surface area contributed by atoms with Crippen molar-refractivity contribution >= 4 is 51.0 Å². The zero-order chi connectivity index (χ0) is 19.1. The number of hydrazone groups is 1. The quantitative estimate of drug-likeness (QED) is 0.332. The number of fused-ring (bicyclic) bond motifs is 1. The summed E-state index contributed by atoms with van der Waals surface area (Å²) in [5.41, 5.74) is 5.49. The monoisotopic (exact) mass is 395 g/mol. The van der Waals surface area contributed by atoms with Gasteiger partial charge in [-0.05, 0) is 37.1 Å². The number of para-hydroxylation sites is 1. The Morgan fingerprint density at radius 3 is 2.70 bits per heavy atom. The minimum Gasteiger partial charge on any atom is -0.272 e. The number of allylic oxidation sites excluding steroid dienone is 1. The molecule has 1 atom stereocenters. The topological polar surface area (TPSA) is 54.4 Å². The van der Waals surface area contributed by atoms with Crippen molar-refractivity contribution in [2.75, 3.05) is 0 Å². The number of thioether (sulfide) groups is 1. The number of aromatic nitrogens is 1. The Morgan fingerprint density at radius 2 is 1.96 bits per heavy atom. The Hall–Kier alpha value is -2.44. The number of carbonyl (C=O) groups is 1. The second-order valence-electron chi connectivity index (χ2n) is 5.94. The number of carbonyl (C=O) groups excluding carboxylic acids is 1. The molecule has 0 fully saturated rings. The van der Waals surface area contributed by atoms with Gasteiger partial charge < -0.3 is 0 Å². The number of amides is 1. The van der Waals surface area contributed by atoms with E-state index in [1.807, 2.05) is 80.6 Å². The third kappa shape index (κ3) is 5.52. The van der Waals surface area contributed by atoms with Gasteiger partial charge >= 0.3 is 0 Å². The smallest absolute Gasteiger partial charge is 0.253 e. The number of rotatable bonds is 7. The number of hydrogen-bond donors (Lipinski definition) is 1. The number of hydrogen-bond acceptors (Lipinski definition) is 5. The van der Waals surface area contributed by atoms with Crippen LogP contribution in [0.4, 0.5) is 0 Å². The largest absolute Gasteiger partial charge is 0.272 e. The lowest BCUT2D eigenvalue weighted by molar-refractivity contribution is -0.120. The molecule has 0 aliphatic heterocycles. The molecule has 1 aromatic heterocycles. The van der Waals surface area contributed by atoms with Crippen LogP contribution < -0.4 is 5.43 Å². The molecule has 6 heteroatoms. The molecule has 138 valence electrons. The van der Waals surface area contributed by atoms with Gasteiger partial charge in [-0.25, -0.2) is 10.4 Å². The van der Waals surface area contributed by atoms with Gasteiger partial charge in [-0.15, -0.1) is 11.3 Å². The van der Waals surface area contributed by atoms with Crippen molar-refractivity contribution in [3.63, 3.8) is 0 Å². The summed E-state index contributed by atoms with van der Waals surface area (Å²) in [6.45, 7) is 3.86. The van der Waals surface area contributed by atoms with E-state index in [-0.39, 0.29) is 11.2 Å². The summed E-state index contributed by atoms with van der Waals surface area (Å²) in [7, 11) is 0. The Balaban J connectivity index is 1.60. The lowest BCUT2D eigenvalue weighted by atomic mass is 10.2. The highest BCUT2D eigenvalue weighted by Gasteiger charge is 2.19. The molecule has 1 N–H and O–H groups in total. The Kier molecular flexibility index (Phi) is 6.79. The van der Waals surface area contributed by atoms with E-state index in [9.17, 15) is 4.79 Å². The Morgan fingerprint density at radius 1 is 1.22 bits per heavy atom. The molecule has 1 unspecified atom stereocenters. The number of nitrogens with zero attached hydrogens (tertiary/aromatic N) is 2. The van der Waals surface area contributed by atoms with E-state index in [0.29, 0.717) is 6.42 Å². The standard InChI is InChI=1S/C21H21N3OS2/c1-3-18(26-21-22-17-11-7-8-12-19(17)27-21)20(25)24-23-15(2)13-14-16-9-5-4-6-10-16/h4-14,18H,3H2,1-2H3,(H,24,25)/b14-13+,23-15?. The van der Waals surface area contributed by atoms with E-state index in [0.717, 1.165) is 25.8 Å². The second-order valence-corrected chi connectivity index (χ2v) is 8.42. The highest BCUT2D eigenvalue weighted by Crippen LogP contribution is 2.33. The molecule has 1 heterocycles. The maximum atomic E-state index is 12.5. The molecule has 0 saturated carbocycles. The lowest BCUT2D eigenvalue weighted by Crippen LogP contribution is -2.29. The van der Waals surface area contributed by atoms with Crippen molar-refractivity contribution in [1.29, 1.82) is 0 Å². The zero-order valence-electron chi connectivity index (χ0n) is 15.3. The zero-order valence-corrected chi connectivity index (χ0v) is 16.9. The predicted octanol–water partition coefficient (Wildman–Crippen LogP) is 5.37. The molecule has 0 radical (unpaired) electrons. The van der Waals surface area contributed by atoms with E-state index in [4.69, 9.17) is 0 Å². The van der Waals surface area contributed by atoms with Crippen LogP contribution in [-0.2, 0) is 4.79 Å². The van der Waals surface area contributed by atoms with Crippen LogP contribution in [0.5, 0.6) is 0 Å². The van der Waals surface area contributed by atoms with Gasteiger partial charge in [-0.2, -0.15) is 5.10 Å². The first-order valence-electron chi connectivity index (χ1n) is 8.75. The summed E-state index contributed by atoms with van der Waals surface area (Å²) in [4.78, 5) is 17.1. The predicted molar refractivity (Wildman–Crippen MR) is 116 cm³/mol. The highest BCUT2D eigenvalue weighted by molar-refractivity contribution is 8.02. The number of thiazole rings is 1. The van der Waals surface area contributed by atoms with Crippen LogP contribution in [0.3, 0.4) is 0 Å². The van der Waals surface area contributed by atoms with Crippen LogP contribution in [0.25, 0.3) is 16.3 Å². The van der Waals surface area contributed by atoms with E-state index in [2.05, 4.69) is 15.5 Å². The molecular formula is C21H21N3OS2. The van der Waals surface area contributed by atoms with E-state index >= 15 is 0 Å². The van der Waals surface area contributed by atoms with Gasteiger partial charge in [-0.3, -0.25) is 4.79 Å². The summed E-state index contributed by atoms with van der Waals surface area (Å²) in [6.07, 6.45) is 4.57. The molecule has 2 aromatic carbocycles. The molecule has 4 nitrogen and oxygen atoms in total. The molecule has 0 aliphatic rings. The van der Waals surface area contributed by atoms with Crippen LogP contribution in [0.15, 0.2) is 70.1 Å². The van der Waals surface area contributed by atoms with Crippen molar-refractivity contribution in [2.24, 2.45) is 5.10 Å². The average molecular weight is 396 g/mol. The summed E-state index contributed by atoms with van der Waals surface area (Å²) in [5.74, 6) is -0.103. The lowest BCUT2D eigenvalue weighted by Gasteiger charge is -2.10. The summed E-state index contributed by atoms with van der Waals surface area (Å²) in [6, 6.07) is 18.0. The van der Waals surface area contributed by atoms with Crippen molar-refractivity contribution in [3.05, 3.63) is 66.2 Å². The third-order valence-corrected chi connectivity index (χ3v) is 6.33. The minimum absolute atomic E-state index is 0.103. The molecule has 3 rings (SSSR count). The maximum Gasteiger partial charge on any atom is 0.253 e. The normalized spacial score (nSPS) is 13.2. The number of benzene rings is 2. The first-order chi connectivity index (χ1) is 13.2. The van der Waals surface area contributed by atoms with Gasteiger partial charge in [0, 0.05) is 0 Å². The van der Waals surface area contributed by atoms with Crippen LogP contribution in [0, 0.1) is 0 Å². The maximum absolute atomic E-state index is 12.5. The molecule has 0 bridgehead atoms. The van der Waals surface area contributed by atoms with Gasteiger partial charge in [0.15, 0.2) is 4.34 Å². The Labute approximate surface area is 167 Å². The molecule has 0 aliphatic carbocycles. The fourth-order valence-corrected chi connectivity index (χ4v) is 4.61. The molecule has 3 aromatic rings. The summed E-state index contributed by atoms with van der Waals surface area (Å²) >= 11 is 3.11. The van der Waals surface area contributed by atoms with Crippen LogP contribution in [-0.4, -0.2) is 21.9 Å². The fourth-order valence-electron chi connectivity index (χ4n) is 2.38. The highest BCUT2D eigenvalue weighted by atomic mass is 32.2. The SMILES string of the molecule is CCC(Sc1nc2ccccc2s1)C(=O)NN=C(C)/C=C/c1ccccc1. The van der Waals surface area contributed by atoms with Gasteiger partial charge in [0.05, 0.1) is 21.2 Å². The first-order valence-corrected chi connectivity index (χ1v) is 10.4. The van der Waals surface area contributed by atoms with Crippen molar-refractivity contribution in [3.8, 4) is 0 Å². The molecule has 0 saturated heterocycles. The van der Waals surface area contributed by atoms with Crippen molar-refractivity contribution < 1.29 is 4.79 Å². The van der Waals surface area contributed by atoms with Gasteiger partial charge in [0.2, 0.25) is 0 Å². The second kappa shape index (κ2) is 9.48. The van der Waals surface area contributed by atoms with Gasteiger partial charge in [-0.1, -0.05) is 67.2 Å². The van der Waals surface area contributed by atoms with Gasteiger partial charge in [0.1, 0.15) is 0 Å². The first kappa shape index (κ1) is 19.3. The fraction of sp³-hybridized carbons (Fsp3) is 0.190.